The van der Waals surface area contributed by atoms with E-state index in [1.165, 1.54) is 0 Å². The van der Waals surface area contributed by atoms with Gasteiger partial charge in [0.05, 0.1) is 29.8 Å². The van der Waals surface area contributed by atoms with Gasteiger partial charge in [0.25, 0.3) is 0 Å². The zero-order valence-corrected chi connectivity index (χ0v) is 20.7. The molecule has 9 heteroatoms. The van der Waals surface area contributed by atoms with Crippen molar-refractivity contribution in [2.75, 3.05) is 11.9 Å². The minimum absolute atomic E-state index is 0.0255. The third kappa shape index (κ3) is 4.71. The van der Waals surface area contributed by atoms with Gasteiger partial charge in [0.1, 0.15) is 22.8 Å². The van der Waals surface area contributed by atoms with E-state index in [-0.39, 0.29) is 12.1 Å². The Morgan fingerprint density at radius 2 is 2.03 bits per heavy atom. The first kappa shape index (κ1) is 23.2. The van der Waals surface area contributed by atoms with Crippen LogP contribution in [-0.4, -0.2) is 44.1 Å². The average molecular weight is 489 g/mol. The van der Waals surface area contributed by atoms with E-state index in [4.69, 9.17) is 31.2 Å². The maximum Gasteiger partial charge on any atom is 0.165 e. The number of aromatic nitrogens is 4. The molecule has 2 atom stereocenters. The molecule has 1 aliphatic rings. The van der Waals surface area contributed by atoms with Crippen LogP contribution in [-0.2, 0) is 9.47 Å². The number of hydrogen-bond donors (Lipinski definition) is 1. The van der Waals surface area contributed by atoms with Crippen molar-refractivity contribution in [3.05, 3.63) is 65.1 Å². The van der Waals surface area contributed by atoms with Crippen LogP contribution in [0, 0.1) is 18.3 Å². The van der Waals surface area contributed by atoms with Gasteiger partial charge in [0, 0.05) is 17.5 Å². The predicted molar refractivity (Wildman–Crippen MR) is 134 cm³/mol. The van der Waals surface area contributed by atoms with Crippen LogP contribution in [0.4, 0.5) is 5.82 Å². The molecule has 4 aromatic rings. The highest BCUT2D eigenvalue weighted by Crippen LogP contribution is 2.36. The van der Waals surface area contributed by atoms with Crippen molar-refractivity contribution in [3.63, 3.8) is 0 Å². The van der Waals surface area contributed by atoms with Gasteiger partial charge in [-0.15, -0.1) is 0 Å². The monoisotopic (exact) mass is 488 g/mol. The molecule has 1 aromatic carbocycles. The maximum absolute atomic E-state index is 9.41. The first-order chi connectivity index (χ1) is 16.7. The third-order valence-electron chi connectivity index (χ3n) is 5.92. The van der Waals surface area contributed by atoms with E-state index >= 15 is 0 Å². The predicted octanol–water partition coefficient (Wildman–Crippen LogP) is 5.24. The molecule has 5 rings (SSSR count). The molecule has 0 unspecified atom stereocenters. The molecule has 0 bridgehead atoms. The number of ether oxygens (including phenoxy) is 2. The smallest absolute Gasteiger partial charge is 0.165 e. The number of halogens is 1. The molecule has 1 N–H and O–H groups in total. The Bertz CT molecular complexity index is 1440. The second-order valence-electron chi connectivity index (χ2n) is 9.12. The van der Waals surface area contributed by atoms with E-state index in [1.807, 2.05) is 64.2 Å². The van der Waals surface area contributed by atoms with Crippen LogP contribution >= 0.6 is 11.6 Å². The number of anilines is 1. The molecule has 0 radical (unpaired) electrons. The molecule has 1 fully saturated rings. The molecule has 178 valence electrons. The fourth-order valence-corrected chi connectivity index (χ4v) is 4.52. The first-order valence-electron chi connectivity index (χ1n) is 11.4. The molecular weight excluding hydrogens is 464 g/mol. The Balaban J connectivity index is 1.61. The van der Waals surface area contributed by atoms with E-state index in [1.54, 1.807) is 16.6 Å². The van der Waals surface area contributed by atoms with Gasteiger partial charge in [-0.3, -0.25) is 0 Å². The summed E-state index contributed by atoms with van der Waals surface area (Å²) in [4.78, 5) is 9.22. The zero-order chi connectivity index (χ0) is 24.7. The standard InChI is InChI=1S/C26H25ClN6O2/c1-15-10-19(12-21(27)29-15)23-24(18-7-5-6-17(11-18)13-28)32-33-9-8-22(31-25(23)33)30-16(2)20-14-34-26(3,4)35-20/h5-12,16,20H,14H2,1-4H3,(H,30,31)/t16-,20+/m0/s1. The van der Waals surface area contributed by atoms with Crippen LogP contribution in [0.5, 0.6) is 0 Å². The quantitative estimate of drug-likeness (QED) is 0.383. The summed E-state index contributed by atoms with van der Waals surface area (Å²) in [6.45, 7) is 8.27. The van der Waals surface area contributed by atoms with Crippen LogP contribution in [0.25, 0.3) is 28.0 Å². The Labute approximate surface area is 208 Å². The molecule has 0 aliphatic carbocycles. The molecule has 1 aliphatic heterocycles. The van der Waals surface area contributed by atoms with E-state index in [2.05, 4.69) is 16.4 Å². The van der Waals surface area contributed by atoms with Gasteiger partial charge < -0.3 is 14.8 Å². The molecule has 4 heterocycles. The van der Waals surface area contributed by atoms with Gasteiger partial charge >= 0.3 is 0 Å². The summed E-state index contributed by atoms with van der Waals surface area (Å²) in [6.07, 6.45) is 1.77. The second kappa shape index (κ2) is 8.93. The van der Waals surface area contributed by atoms with Crippen LogP contribution in [0.1, 0.15) is 32.0 Å². The summed E-state index contributed by atoms with van der Waals surface area (Å²) in [5, 5.41) is 18.1. The third-order valence-corrected chi connectivity index (χ3v) is 6.12. The van der Waals surface area contributed by atoms with Gasteiger partial charge in [-0.25, -0.2) is 14.5 Å². The van der Waals surface area contributed by atoms with E-state index in [0.29, 0.717) is 34.5 Å². The first-order valence-corrected chi connectivity index (χ1v) is 11.7. The summed E-state index contributed by atoms with van der Waals surface area (Å²) in [5.41, 5.74) is 5.18. The molecule has 8 nitrogen and oxygen atoms in total. The van der Waals surface area contributed by atoms with Gasteiger partial charge in [-0.05, 0) is 63.6 Å². The lowest BCUT2D eigenvalue weighted by atomic mass is 10.00. The summed E-state index contributed by atoms with van der Waals surface area (Å²) in [6, 6.07) is 15.2. The molecule has 1 saturated heterocycles. The average Bonchev–Trinajstić information content (AvgIpc) is 3.38. The van der Waals surface area contributed by atoms with E-state index in [9.17, 15) is 5.26 Å². The molecule has 0 spiro atoms. The number of pyridine rings is 1. The van der Waals surface area contributed by atoms with Crippen LogP contribution in [0.2, 0.25) is 5.15 Å². The molecule has 0 amide bonds. The number of fused-ring (bicyclic) bond motifs is 1. The number of benzene rings is 1. The molecule has 3 aromatic heterocycles. The molecular formula is C26H25ClN6O2. The van der Waals surface area contributed by atoms with Crippen LogP contribution < -0.4 is 5.32 Å². The van der Waals surface area contributed by atoms with Crippen LogP contribution in [0.3, 0.4) is 0 Å². The highest BCUT2D eigenvalue weighted by Gasteiger charge is 2.36. The zero-order valence-electron chi connectivity index (χ0n) is 19.9. The number of nitrogens with one attached hydrogen (secondary N) is 1. The van der Waals surface area contributed by atoms with E-state index in [0.717, 1.165) is 22.4 Å². The van der Waals surface area contributed by atoms with Crippen molar-refractivity contribution in [3.8, 4) is 28.5 Å². The highest BCUT2D eigenvalue weighted by molar-refractivity contribution is 6.29. The summed E-state index contributed by atoms with van der Waals surface area (Å²) in [5.74, 6) is 0.0933. The Hall–Kier alpha value is -3.51. The number of aryl methyl sites for hydroxylation is 1. The Morgan fingerprint density at radius 3 is 2.74 bits per heavy atom. The number of hydrogen-bond acceptors (Lipinski definition) is 7. The summed E-state index contributed by atoms with van der Waals surface area (Å²) >= 11 is 6.32. The number of rotatable bonds is 5. The minimum Gasteiger partial charge on any atom is -0.365 e. The highest BCUT2D eigenvalue weighted by atomic mass is 35.5. The maximum atomic E-state index is 9.41. The molecule has 35 heavy (non-hydrogen) atoms. The van der Waals surface area contributed by atoms with Crippen molar-refractivity contribution in [1.82, 2.24) is 19.6 Å². The normalized spacial score (nSPS) is 17.9. The van der Waals surface area contributed by atoms with Crippen molar-refractivity contribution < 1.29 is 9.47 Å². The Morgan fingerprint density at radius 1 is 1.20 bits per heavy atom. The van der Waals surface area contributed by atoms with Crippen molar-refractivity contribution in [2.45, 2.75) is 45.6 Å². The number of nitriles is 1. The fourth-order valence-electron chi connectivity index (χ4n) is 4.27. The second-order valence-corrected chi connectivity index (χ2v) is 9.50. The topological polar surface area (TPSA) is 97.4 Å². The van der Waals surface area contributed by atoms with Gasteiger partial charge in [0.2, 0.25) is 0 Å². The number of nitrogens with zero attached hydrogens (tertiary/aromatic N) is 5. The lowest BCUT2D eigenvalue weighted by Crippen LogP contribution is -2.34. The van der Waals surface area contributed by atoms with Gasteiger partial charge in [-0.2, -0.15) is 10.4 Å². The summed E-state index contributed by atoms with van der Waals surface area (Å²) in [7, 11) is 0. The fraction of sp³-hybridized carbons (Fsp3) is 0.308. The lowest BCUT2D eigenvalue weighted by molar-refractivity contribution is -0.139. The van der Waals surface area contributed by atoms with Gasteiger partial charge in [-0.1, -0.05) is 23.7 Å². The van der Waals surface area contributed by atoms with E-state index < -0.39 is 5.79 Å². The Kier molecular flexibility index (Phi) is 5.93. The van der Waals surface area contributed by atoms with Gasteiger partial charge in [0.15, 0.2) is 11.4 Å². The van der Waals surface area contributed by atoms with Crippen molar-refractivity contribution in [1.29, 1.82) is 5.26 Å². The lowest BCUT2D eigenvalue weighted by Gasteiger charge is -2.22. The minimum atomic E-state index is -0.595. The van der Waals surface area contributed by atoms with Crippen LogP contribution in [0.15, 0.2) is 48.7 Å². The largest absolute Gasteiger partial charge is 0.365 e. The molecule has 0 saturated carbocycles. The summed E-state index contributed by atoms with van der Waals surface area (Å²) < 4.78 is 13.4. The SMILES string of the molecule is Cc1cc(-c2c(-c3cccc(C#N)c3)nn3ccc(N[C@@H](C)[C@H]4COC(C)(C)O4)nc23)cc(Cl)n1. The van der Waals surface area contributed by atoms with Crippen molar-refractivity contribution in [2.24, 2.45) is 0 Å². The van der Waals surface area contributed by atoms with Crippen molar-refractivity contribution >= 4 is 23.1 Å².